The molecule has 6 heteroatoms. The molecule has 5 rings (SSSR count). The molecule has 0 unspecified atom stereocenters. The normalized spacial score (nSPS) is 11.1. The predicted octanol–water partition coefficient (Wildman–Crippen LogP) is 7.39. The number of aryl methyl sites for hydroxylation is 2. The Hall–Kier alpha value is -3.64. The second kappa shape index (κ2) is 8.13. The Labute approximate surface area is 193 Å². The third-order valence-electron chi connectivity index (χ3n) is 5.07. The van der Waals surface area contributed by atoms with Crippen LogP contribution in [-0.4, -0.2) is 10.9 Å². The minimum atomic E-state index is -0.328. The van der Waals surface area contributed by atoms with Crippen molar-refractivity contribution in [2.45, 2.75) is 13.8 Å². The molecule has 1 amide bonds. The van der Waals surface area contributed by atoms with E-state index in [4.69, 9.17) is 8.83 Å². The SMILES string of the molecule is Cc1cc(C)cc(-c2nc3cc(NC(=O)c4ccc(-c5ccc(Br)cc5)o4)ccc3o2)c1. The van der Waals surface area contributed by atoms with Gasteiger partial charge in [-0.05, 0) is 68.4 Å². The summed E-state index contributed by atoms with van der Waals surface area (Å²) in [5, 5.41) is 2.87. The number of anilines is 1. The van der Waals surface area contributed by atoms with Gasteiger partial charge >= 0.3 is 0 Å². The van der Waals surface area contributed by atoms with Crippen molar-refractivity contribution < 1.29 is 13.6 Å². The van der Waals surface area contributed by atoms with Crippen LogP contribution in [0.4, 0.5) is 5.69 Å². The summed E-state index contributed by atoms with van der Waals surface area (Å²) in [7, 11) is 0. The number of oxazole rings is 1. The molecule has 0 spiro atoms. The number of benzene rings is 3. The van der Waals surface area contributed by atoms with Gasteiger partial charge in [0.25, 0.3) is 5.91 Å². The van der Waals surface area contributed by atoms with Crippen molar-refractivity contribution in [3.63, 3.8) is 0 Å². The Balaban J connectivity index is 1.37. The second-order valence-corrected chi connectivity index (χ2v) is 8.62. The highest BCUT2D eigenvalue weighted by Crippen LogP contribution is 2.28. The third kappa shape index (κ3) is 4.09. The van der Waals surface area contributed by atoms with Gasteiger partial charge in [0.2, 0.25) is 5.89 Å². The summed E-state index contributed by atoms with van der Waals surface area (Å²) in [6.07, 6.45) is 0. The summed E-state index contributed by atoms with van der Waals surface area (Å²) >= 11 is 3.41. The monoisotopic (exact) mass is 486 g/mol. The number of carbonyl (C=O) groups excluding carboxylic acids is 1. The van der Waals surface area contributed by atoms with Crippen LogP contribution >= 0.6 is 15.9 Å². The first-order valence-electron chi connectivity index (χ1n) is 10.1. The van der Waals surface area contributed by atoms with Gasteiger partial charge in [-0.3, -0.25) is 4.79 Å². The van der Waals surface area contributed by atoms with Crippen LogP contribution in [0.3, 0.4) is 0 Å². The smallest absolute Gasteiger partial charge is 0.291 e. The number of fused-ring (bicyclic) bond motifs is 1. The van der Waals surface area contributed by atoms with Crippen molar-refractivity contribution in [2.24, 2.45) is 0 Å². The second-order valence-electron chi connectivity index (χ2n) is 7.70. The molecular weight excluding hydrogens is 468 g/mol. The first-order valence-corrected chi connectivity index (χ1v) is 10.9. The molecule has 0 radical (unpaired) electrons. The molecule has 2 aromatic heterocycles. The van der Waals surface area contributed by atoms with Crippen LogP contribution in [0.2, 0.25) is 0 Å². The molecule has 32 heavy (non-hydrogen) atoms. The molecule has 0 aliphatic rings. The zero-order valence-corrected chi connectivity index (χ0v) is 19.1. The van der Waals surface area contributed by atoms with Gasteiger partial charge < -0.3 is 14.2 Å². The highest BCUT2D eigenvalue weighted by atomic mass is 79.9. The Bertz CT molecular complexity index is 1430. The zero-order chi connectivity index (χ0) is 22.2. The third-order valence-corrected chi connectivity index (χ3v) is 5.60. The summed E-state index contributed by atoms with van der Waals surface area (Å²) in [5.74, 6) is 1.10. The maximum Gasteiger partial charge on any atom is 0.291 e. The van der Waals surface area contributed by atoms with E-state index >= 15 is 0 Å². The maximum absolute atomic E-state index is 12.7. The summed E-state index contributed by atoms with van der Waals surface area (Å²) in [6, 6.07) is 22.7. The molecule has 2 heterocycles. The fourth-order valence-corrected chi connectivity index (χ4v) is 3.91. The van der Waals surface area contributed by atoms with Crippen LogP contribution < -0.4 is 5.32 Å². The Morgan fingerprint density at radius 1 is 0.844 bits per heavy atom. The summed E-state index contributed by atoms with van der Waals surface area (Å²) in [6.45, 7) is 4.09. The highest BCUT2D eigenvalue weighted by molar-refractivity contribution is 9.10. The Morgan fingerprint density at radius 3 is 2.34 bits per heavy atom. The van der Waals surface area contributed by atoms with E-state index in [1.807, 2.05) is 50.2 Å². The van der Waals surface area contributed by atoms with Crippen LogP contribution in [0.5, 0.6) is 0 Å². The van der Waals surface area contributed by atoms with Crippen molar-refractivity contribution in [1.82, 2.24) is 4.98 Å². The van der Waals surface area contributed by atoms with Crippen molar-refractivity contribution in [2.75, 3.05) is 5.32 Å². The van der Waals surface area contributed by atoms with E-state index < -0.39 is 0 Å². The van der Waals surface area contributed by atoms with Gasteiger partial charge in [0.15, 0.2) is 11.3 Å². The van der Waals surface area contributed by atoms with Gasteiger partial charge in [-0.2, -0.15) is 0 Å². The summed E-state index contributed by atoms with van der Waals surface area (Å²) in [4.78, 5) is 17.3. The number of nitrogens with one attached hydrogen (secondary N) is 1. The molecular formula is C26H19BrN2O3. The first kappa shape index (κ1) is 20.3. The molecule has 158 valence electrons. The number of hydrogen-bond acceptors (Lipinski definition) is 4. The number of hydrogen-bond donors (Lipinski definition) is 1. The van der Waals surface area contributed by atoms with Crippen LogP contribution in [0, 0.1) is 13.8 Å². The van der Waals surface area contributed by atoms with E-state index in [0.29, 0.717) is 28.4 Å². The van der Waals surface area contributed by atoms with Crippen molar-refractivity contribution >= 4 is 38.6 Å². The minimum absolute atomic E-state index is 0.235. The number of aromatic nitrogens is 1. The topological polar surface area (TPSA) is 68.3 Å². The van der Waals surface area contributed by atoms with Gasteiger partial charge in [-0.1, -0.05) is 45.3 Å². The van der Waals surface area contributed by atoms with Gasteiger partial charge in [0.05, 0.1) is 0 Å². The van der Waals surface area contributed by atoms with Crippen molar-refractivity contribution in [3.05, 3.63) is 94.2 Å². The average Bonchev–Trinajstić information content (AvgIpc) is 3.41. The molecule has 0 atom stereocenters. The zero-order valence-electron chi connectivity index (χ0n) is 17.5. The van der Waals surface area contributed by atoms with Crippen LogP contribution in [0.15, 0.2) is 86.1 Å². The highest BCUT2D eigenvalue weighted by Gasteiger charge is 2.14. The Kier molecular flexibility index (Phi) is 5.15. The van der Waals surface area contributed by atoms with E-state index in [9.17, 15) is 4.79 Å². The number of carbonyl (C=O) groups is 1. The first-order chi connectivity index (χ1) is 15.4. The number of furan rings is 1. The molecule has 5 nitrogen and oxygen atoms in total. The van der Waals surface area contributed by atoms with Gasteiger partial charge in [0, 0.05) is 21.3 Å². The van der Waals surface area contributed by atoms with Crippen LogP contribution in [0.25, 0.3) is 33.9 Å². The van der Waals surface area contributed by atoms with Gasteiger partial charge in [0.1, 0.15) is 11.3 Å². The van der Waals surface area contributed by atoms with Gasteiger partial charge in [-0.15, -0.1) is 0 Å². The minimum Gasteiger partial charge on any atom is -0.451 e. The lowest BCUT2D eigenvalue weighted by Gasteiger charge is -2.03. The molecule has 3 aromatic carbocycles. The average molecular weight is 487 g/mol. The largest absolute Gasteiger partial charge is 0.451 e. The molecule has 0 aliphatic heterocycles. The molecule has 0 fully saturated rings. The molecule has 0 bridgehead atoms. The molecule has 0 aliphatic carbocycles. The lowest BCUT2D eigenvalue weighted by atomic mass is 10.1. The standard InChI is InChI=1S/C26H19BrN2O3/c1-15-11-16(2)13-18(12-15)26-29-21-14-20(7-8-23(21)32-26)28-25(30)24-10-9-22(31-24)17-3-5-19(27)6-4-17/h3-14H,1-2H3,(H,28,30). The molecule has 0 saturated heterocycles. The molecule has 0 saturated carbocycles. The lowest BCUT2D eigenvalue weighted by molar-refractivity contribution is 0.0997. The number of amides is 1. The quantitative estimate of drug-likeness (QED) is 0.287. The van der Waals surface area contributed by atoms with Crippen molar-refractivity contribution in [3.8, 4) is 22.8 Å². The van der Waals surface area contributed by atoms with E-state index in [-0.39, 0.29) is 11.7 Å². The predicted molar refractivity (Wildman–Crippen MR) is 129 cm³/mol. The lowest BCUT2D eigenvalue weighted by Crippen LogP contribution is -2.10. The number of halogens is 1. The summed E-state index contributed by atoms with van der Waals surface area (Å²) < 4.78 is 12.7. The summed E-state index contributed by atoms with van der Waals surface area (Å²) in [5.41, 5.74) is 6.08. The van der Waals surface area contributed by atoms with E-state index in [2.05, 4.69) is 32.3 Å². The van der Waals surface area contributed by atoms with Crippen LogP contribution in [-0.2, 0) is 0 Å². The number of rotatable bonds is 4. The van der Waals surface area contributed by atoms with E-state index in [1.54, 1.807) is 30.3 Å². The fourth-order valence-electron chi connectivity index (χ4n) is 3.65. The molecule has 1 N–H and O–H groups in total. The fraction of sp³-hybridized carbons (Fsp3) is 0.0769. The molecule has 5 aromatic rings. The number of nitrogens with zero attached hydrogens (tertiary/aromatic N) is 1. The Morgan fingerprint density at radius 2 is 1.59 bits per heavy atom. The van der Waals surface area contributed by atoms with Crippen molar-refractivity contribution in [1.29, 1.82) is 0 Å². The van der Waals surface area contributed by atoms with E-state index in [0.717, 1.165) is 26.7 Å². The maximum atomic E-state index is 12.7. The van der Waals surface area contributed by atoms with Crippen LogP contribution in [0.1, 0.15) is 21.7 Å². The van der Waals surface area contributed by atoms with Gasteiger partial charge in [-0.25, -0.2) is 4.98 Å². The van der Waals surface area contributed by atoms with E-state index in [1.165, 1.54) is 0 Å².